The van der Waals surface area contributed by atoms with Gasteiger partial charge in [0, 0.05) is 5.92 Å². The molecule has 0 spiro atoms. The number of aliphatic carboxylic acids is 1. The molecular formula is C11H13BrO4. The van der Waals surface area contributed by atoms with Gasteiger partial charge in [0.1, 0.15) is 4.32 Å². The molecule has 1 N–H and O–H groups in total. The lowest BCUT2D eigenvalue weighted by Gasteiger charge is -2.28. The van der Waals surface area contributed by atoms with Crippen molar-refractivity contribution in [3.63, 3.8) is 0 Å². The molecule has 1 rings (SSSR count). The van der Waals surface area contributed by atoms with E-state index in [1.807, 2.05) is 0 Å². The molecule has 0 aromatic heterocycles. The van der Waals surface area contributed by atoms with Crippen LogP contribution in [0.4, 0.5) is 0 Å². The molecular weight excluding hydrogens is 276 g/mol. The molecule has 0 aromatic carbocycles. The lowest BCUT2D eigenvalue weighted by molar-refractivity contribution is -0.145. The lowest BCUT2D eigenvalue weighted by Crippen LogP contribution is -2.39. The van der Waals surface area contributed by atoms with Gasteiger partial charge in [0.15, 0.2) is 0 Å². The van der Waals surface area contributed by atoms with Gasteiger partial charge in [-0.3, -0.25) is 9.59 Å². The van der Waals surface area contributed by atoms with Gasteiger partial charge >= 0.3 is 11.9 Å². The first kappa shape index (κ1) is 13.0. The third-order valence-electron chi connectivity index (χ3n) is 2.35. The summed E-state index contributed by atoms with van der Waals surface area (Å²) in [7, 11) is 0. The number of rotatable bonds is 4. The smallest absolute Gasteiger partial charge is 0.325 e. The fourth-order valence-corrected chi connectivity index (χ4v) is 1.97. The minimum atomic E-state index is -1.21. The normalized spacial score (nSPS) is 27.8. The topological polar surface area (TPSA) is 63.6 Å². The van der Waals surface area contributed by atoms with E-state index in [0.29, 0.717) is 6.61 Å². The quantitative estimate of drug-likeness (QED) is 0.634. The molecule has 0 heterocycles. The van der Waals surface area contributed by atoms with Crippen LogP contribution in [0, 0.1) is 5.92 Å². The summed E-state index contributed by atoms with van der Waals surface area (Å²) in [6.45, 7) is 2.01. The van der Waals surface area contributed by atoms with Crippen molar-refractivity contribution in [3.05, 3.63) is 24.3 Å². The van der Waals surface area contributed by atoms with Crippen LogP contribution >= 0.6 is 15.9 Å². The Labute approximate surface area is 102 Å². The molecule has 1 aliphatic carbocycles. The van der Waals surface area contributed by atoms with Crippen LogP contribution in [0.15, 0.2) is 24.3 Å². The highest BCUT2D eigenvalue weighted by Gasteiger charge is 2.42. The zero-order valence-electron chi connectivity index (χ0n) is 8.85. The summed E-state index contributed by atoms with van der Waals surface area (Å²) in [6, 6.07) is 0. The number of halogens is 1. The van der Waals surface area contributed by atoms with Gasteiger partial charge in [-0.15, -0.1) is 0 Å². The zero-order valence-corrected chi connectivity index (χ0v) is 10.4. The van der Waals surface area contributed by atoms with Gasteiger partial charge in [0.2, 0.25) is 0 Å². The SMILES string of the molecule is CCOC(=O)CC1C=CC=CC1(Br)C(=O)O. The summed E-state index contributed by atoms with van der Waals surface area (Å²) < 4.78 is 3.59. The van der Waals surface area contributed by atoms with Crippen molar-refractivity contribution in [3.8, 4) is 0 Å². The standard InChI is InChI=1S/C11H13BrO4/c1-2-16-9(13)7-8-5-3-4-6-11(8,12)10(14)15/h3-6,8H,2,7H2,1H3,(H,14,15). The van der Waals surface area contributed by atoms with E-state index in [0.717, 1.165) is 0 Å². The largest absolute Gasteiger partial charge is 0.480 e. The predicted octanol–water partition coefficient (Wildman–Crippen LogP) is 1.90. The number of esters is 1. The van der Waals surface area contributed by atoms with E-state index in [1.54, 1.807) is 25.2 Å². The van der Waals surface area contributed by atoms with E-state index < -0.39 is 22.2 Å². The maximum absolute atomic E-state index is 11.3. The molecule has 16 heavy (non-hydrogen) atoms. The van der Waals surface area contributed by atoms with Crippen LogP contribution in [-0.2, 0) is 14.3 Å². The second kappa shape index (κ2) is 5.30. The molecule has 5 heteroatoms. The number of hydrogen-bond donors (Lipinski definition) is 1. The number of ether oxygens (including phenoxy) is 1. The number of carboxylic acid groups (broad SMARTS) is 1. The first-order chi connectivity index (χ1) is 7.50. The molecule has 4 nitrogen and oxygen atoms in total. The van der Waals surface area contributed by atoms with E-state index in [2.05, 4.69) is 15.9 Å². The molecule has 0 saturated carbocycles. The molecule has 0 fully saturated rings. The number of hydrogen-bond acceptors (Lipinski definition) is 3. The molecule has 2 atom stereocenters. The zero-order chi connectivity index (χ0) is 12.2. The van der Waals surface area contributed by atoms with E-state index in [1.165, 1.54) is 6.08 Å². The van der Waals surface area contributed by atoms with Crippen LogP contribution in [-0.4, -0.2) is 28.0 Å². The summed E-state index contributed by atoms with van der Waals surface area (Å²) in [5, 5.41) is 9.13. The molecule has 1 aliphatic rings. The molecule has 0 bridgehead atoms. The minimum absolute atomic E-state index is 0.0478. The van der Waals surface area contributed by atoms with Crippen LogP contribution in [0.1, 0.15) is 13.3 Å². The Morgan fingerprint density at radius 1 is 1.50 bits per heavy atom. The Bertz CT molecular complexity index is 348. The highest BCUT2D eigenvalue weighted by Crippen LogP contribution is 2.36. The van der Waals surface area contributed by atoms with Gasteiger partial charge in [-0.05, 0) is 6.92 Å². The number of carbonyl (C=O) groups is 2. The summed E-state index contributed by atoms with van der Waals surface area (Å²) in [4.78, 5) is 22.5. The number of carbonyl (C=O) groups excluding carboxylic acids is 1. The van der Waals surface area contributed by atoms with E-state index in [9.17, 15) is 9.59 Å². The van der Waals surface area contributed by atoms with Crippen molar-refractivity contribution < 1.29 is 19.4 Å². The third kappa shape index (κ3) is 2.72. The van der Waals surface area contributed by atoms with Gasteiger partial charge in [-0.25, -0.2) is 0 Å². The molecule has 0 saturated heterocycles. The Hall–Kier alpha value is -1.10. The second-order valence-corrected chi connectivity index (χ2v) is 4.75. The van der Waals surface area contributed by atoms with Crippen molar-refractivity contribution in [2.45, 2.75) is 17.7 Å². The summed E-state index contributed by atoms with van der Waals surface area (Å²) >= 11 is 3.16. The molecule has 0 aromatic rings. The monoisotopic (exact) mass is 288 g/mol. The van der Waals surface area contributed by atoms with Gasteiger partial charge in [-0.2, -0.15) is 0 Å². The summed E-state index contributed by atoms with van der Waals surface area (Å²) in [6.07, 6.45) is 6.64. The average Bonchev–Trinajstić information content (AvgIpc) is 2.21. The van der Waals surface area contributed by atoms with Crippen LogP contribution < -0.4 is 0 Å². The van der Waals surface area contributed by atoms with Crippen LogP contribution in [0.2, 0.25) is 0 Å². The molecule has 0 aliphatic heterocycles. The van der Waals surface area contributed by atoms with E-state index >= 15 is 0 Å². The highest BCUT2D eigenvalue weighted by atomic mass is 79.9. The summed E-state index contributed by atoms with van der Waals surface area (Å²) in [5.74, 6) is -1.84. The van der Waals surface area contributed by atoms with Gasteiger partial charge < -0.3 is 9.84 Å². The first-order valence-electron chi connectivity index (χ1n) is 4.94. The second-order valence-electron chi connectivity index (χ2n) is 3.43. The van der Waals surface area contributed by atoms with Crippen LogP contribution in [0.3, 0.4) is 0 Å². The third-order valence-corrected chi connectivity index (χ3v) is 3.54. The van der Waals surface area contributed by atoms with Gasteiger partial charge in [0.25, 0.3) is 0 Å². The van der Waals surface area contributed by atoms with Gasteiger partial charge in [0.05, 0.1) is 13.0 Å². The van der Waals surface area contributed by atoms with E-state index in [-0.39, 0.29) is 6.42 Å². The number of allylic oxidation sites excluding steroid dienone is 3. The van der Waals surface area contributed by atoms with Crippen molar-refractivity contribution in [2.24, 2.45) is 5.92 Å². The van der Waals surface area contributed by atoms with Gasteiger partial charge in [-0.1, -0.05) is 40.2 Å². The summed E-state index contributed by atoms with van der Waals surface area (Å²) in [5.41, 5.74) is 0. The molecule has 2 unspecified atom stereocenters. The van der Waals surface area contributed by atoms with Crippen molar-refractivity contribution >= 4 is 27.9 Å². The lowest BCUT2D eigenvalue weighted by atomic mass is 9.86. The Morgan fingerprint density at radius 2 is 2.19 bits per heavy atom. The Balaban J connectivity index is 2.78. The average molecular weight is 289 g/mol. The number of carboxylic acids is 1. The van der Waals surface area contributed by atoms with E-state index in [4.69, 9.17) is 9.84 Å². The van der Waals surface area contributed by atoms with Crippen LogP contribution in [0.25, 0.3) is 0 Å². The predicted molar refractivity (Wildman–Crippen MR) is 62.3 cm³/mol. The van der Waals surface area contributed by atoms with Crippen molar-refractivity contribution in [1.29, 1.82) is 0 Å². The molecule has 88 valence electrons. The van der Waals surface area contributed by atoms with Crippen molar-refractivity contribution in [1.82, 2.24) is 0 Å². The molecule has 0 amide bonds. The maximum atomic E-state index is 11.3. The number of alkyl halides is 1. The first-order valence-corrected chi connectivity index (χ1v) is 5.74. The van der Waals surface area contributed by atoms with Crippen LogP contribution in [0.5, 0.6) is 0 Å². The maximum Gasteiger partial charge on any atom is 0.325 e. The fraction of sp³-hybridized carbons (Fsp3) is 0.455. The van der Waals surface area contributed by atoms with Crippen molar-refractivity contribution in [2.75, 3.05) is 6.61 Å². The Kier molecular flexibility index (Phi) is 4.29. The fourth-order valence-electron chi connectivity index (χ4n) is 1.50. The minimum Gasteiger partial charge on any atom is -0.480 e. The molecule has 0 radical (unpaired) electrons. The highest BCUT2D eigenvalue weighted by molar-refractivity contribution is 9.10. The Morgan fingerprint density at radius 3 is 2.75 bits per heavy atom.